The average Bonchev–Trinajstić information content (AvgIpc) is 2.73. The number of hydrogen-bond acceptors (Lipinski definition) is 3. The summed E-state index contributed by atoms with van der Waals surface area (Å²) < 4.78 is 1.87. The van der Waals surface area contributed by atoms with Crippen LogP contribution in [0.3, 0.4) is 0 Å². The third-order valence-electron chi connectivity index (χ3n) is 2.77. The highest BCUT2D eigenvalue weighted by Crippen LogP contribution is 2.04. The van der Waals surface area contributed by atoms with Crippen LogP contribution in [0.5, 0.6) is 0 Å². The molecule has 96 valence electrons. The van der Waals surface area contributed by atoms with Crippen LogP contribution in [0.1, 0.15) is 30.1 Å². The topological polar surface area (TPSA) is 45.5 Å². The molecular weight excluding hydrogens is 216 g/mol. The minimum atomic E-state index is 0.103. The molecule has 0 aliphatic carbocycles. The molecule has 17 heavy (non-hydrogen) atoms. The summed E-state index contributed by atoms with van der Waals surface area (Å²) in [5.41, 5.74) is 0.743. The van der Waals surface area contributed by atoms with Crippen molar-refractivity contribution in [3.63, 3.8) is 0 Å². The molecule has 0 unspecified atom stereocenters. The van der Waals surface area contributed by atoms with Gasteiger partial charge in [-0.2, -0.15) is 0 Å². The van der Waals surface area contributed by atoms with Gasteiger partial charge in [0.15, 0.2) is 5.78 Å². The number of aromatic nitrogens is 1. The van der Waals surface area contributed by atoms with E-state index in [1.807, 2.05) is 35.0 Å². The predicted molar refractivity (Wildman–Crippen MR) is 68.2 cm³/mol. The van der Waals surface area contributed by atoms with Crippen molar-refractivity contribution < 1.29 is 9.90 Å². The molecule has 1 N–H and O–H groups in total. The van der Waals surface area contributed by atoms with Crippen LogP contribution >= 0.6 is 0 Å². The van der Waals surface area contributed by atoms with E-state index in [1.165, 1.54) is 0 Å². The highest BCUT2D eigenvalue weighted by atomic mass is 16.3. The van der Waals surface area contributed by atoms with Gasteiger partial charge in [-0.3, -0.25) is 9.69 Å². The fraction of sp³-hybridized carbons (Fsp3) is 0.615. The van der Waals surface area contributed by atoms with E-state index < -0.39 is 0 Å². The number of carbonyl (C=O) groups excluding carboxylic acids is 1. The van der Waals surface area contributed by atoms with E-state index in [2.05, 4.69) is 6.92 Å². The summed E-state index contributed by atoms with van der Waals surface area (Å²) in [6, 6.07) is 1.83. The van der Waals surface area contributed by atoms with Gasteiger partial charge in [-0.05, 0) is 19.0 Å². The summed E-state index contributed by atoms with van der Waals surface area (Å²) in [4.78, 5) is 14.0. The van der Waals surface area contributed by atoms with E-state index in [0.29, 0.717) is 13.1 Å². The monoisotopic (exact) mass is 238 g/mol. The molecule has 4 nitrogen and oxygen atoms in total. The molecule has 1 rings (SSSR count). The third kappa shape index (κ3) is 4.71. The van der Waals surface area contributed by atoms with Crippen LogP contribution in [0, 0.1) is 0 Å². The first-order valence-electron chi connectivity index (χ1n) is 6.15. The lowest BCUT2D eigenvalue weighted by atomic mass is 10.2. The molecule has 0 fully saturated rings. The van der Waals surface area contributed by atoms with Crippen LogP contribution in [0.4, 0.5) is 0 Å². The minimum absolute atomic E-state index is 0.103. The highest BCUT2D eigenvalue weighted by Gasteiger charge is 2.12. The molecule has 0 radical (unpaired) electrons. The average molecular weight is 238 g/mol. The zero-order chi connectivity index (χ0) is 12.7. The molecule has 0 aliphatic heterocycles. The normalized spacial score (nSPS) is 11.1. The minimum Gasteiger partial charge on any atom is -0.395 e. The second kappa shape index (κ2) is 7.25. The molecule has 1 heterocycles. The number of ketones is 1. The number of aliphatic hydroxyl groups is 1. The van der Waals surface area contributed by atoms with Crippen LogP contribution in [0.2, 0.25) is 0 Å². The van der Waals surface area contributed by atoms with Crippen molar-refractivity contribution in [1.29, 1.82) is 0 Å². The highest BCUT2D eigenvalue weighted by molar-refractivity contribution is 5.97. The molecule has 0 atom stereocenters. The van der Waals surface area contributed by atoms with Gasteiger partial charge in [-0.1, -0.05) is 13.3 Å². The van der Waals surface area contributed by atoms with E-state index in [4.69, 9.17) is 5.11 Å². The Labute approximate surface area is 103 Å². The fourth-order valence-electron chi connectivity index (χ4n) is 1.76. The first-order valence-corrected chi connectivity index (χ1v) is 6.15. The lowest BCUT2D eigenvalue weighted by Crippen LogP contribution is -2.33. The van der Waals surface area contributed by atoms with E-state index in [9.17, 15) is 4.79 Å². The fourth-order valence-corrected chi connectivity index (χ4v) is 1.76. The number of aliphatic hydroxyl groups excluding tert-OH is 1. The summed E-state index contributed by atoms with van der Waals surface area (Å²) in [5.74, 6) is 0.121. The molecule has 0 saturated carbocycles. The molecule has 1 aromatic heterocycles. The van der Waals surface area contributed by atoms with E-state index in [1.54, 1.807) is 0 Å². The molecule has 0 bridgehead atoms. The van der Waals surface area contributed by atoms with Crippen molar-refractivity contribution in [3.8, 4) is 0 Å². The van der Waals surface area contributed by atoms with Gasteiger partial charge in [0.25, 0.3) is 0 Å². The van der Waals surface area contributed by atoms with Crippen molar-refractivity contribution in [1.82, 2.24) is 9.47 Å². The van der Waals surface area contributed by atoms with Crippen LogP contribution in [0.15, 0.2) is 18.5 Å². The Morgan fingerprint density at radius 3 is 2.76 bits per heavy atom. The van der Waals surface area contributed by atoms with Crippen molar-refractivity contribution in [2.75, 3.05) is 26.2 Å². The number of Topliss-reactive ketones (excluding diaryl/α,β-unsaturated/α-hetero) is 1. The lowest BCUT2D eigenvalue weighted by Gasteiger charge is -2.19. The van der Waals surface area contributed by atoms with Crippen LogP contribution < -0.4 is 0 Å². The largest absolute Gasteiger partial charge is 0.395 e. The zero-order valence-electron chi connectivity index (χ0n) is 10.7. The Bertz CT molecular complexity index is 347. The Kier molecular flexibility index (Phi) is 5.94. The van der Waals surface area contributed by atoms with Gasteiger partial charge >= 0.3 is 0 Å². The van der Waals surface area contributed by atoms with Crippen LogP contribution in [-0.4, -0.2) is 46.6 Å². The maximum Gasteiger partial charge on any atom is 0.178 e. The van der Waals surface area contributed by atoms with E-state index in [0.717, 1.165) is 24.9 Å². The number of hydrogen-bond donors (Lipinski definition) is 1. The summed E-state index contributed by atoms with van der Waals surface area (Å²) in [6.07, 6.45) is 5.86. The molecule has 1 aromatic rings. The Morgan fingerprint density at radius 1 is 1.47 bits per heavy atom. The number of carbonyl (C=O) groups is 1. The van der Waals surface area contributed by atoms with E-state index >= 15 is 0 Å². The summed E-state index contributed by atoms with van der Waals surface area (Å²) >= 11 is 0. The summed E-state index contributed by atoms with van der Waals surface area (Å²) in [5, 5.41) is 8.97. The van der Waals surface area contributed by atoms with Crippen molar-refractivity contribution in [2.45, 2.75) is 19.8 Å². The molecular formula is C13H22N2O2. The van der Waals surface area contributed by atoms with Crippen molar-refractivity contribution in [3.05, 3.63) is 24.0 Å². The zero-order valence-corrected chi connectivity index (χ0v) is 10.7. The Balaban J connectivity index is 2.51. The molecule has 4 heteroatoms. The maximum absolute atomic E-state index is 12.0. The first kappa shape index (κ1) is 13.9. The maximum atomic E-state index is 12.0. The van der Waals surface area contributed by atoms with E-state index in [-0.39, 0.29) is 12.4 Å². The quantitative estimate of drug-likeness (QED) is 0.694. The predicted octanol–water partition coefficient (Wildman–Crippen LogP) is 1.30. The molecule has 0 saturated heterocycles. The Hall–Kier alpha value is -1.13. The standard InChI is InChI=1S/C13H22N2O2/c1-3-4-6-15(8-9-16)11-13(17)12-5-7-14(2)10-12/h5,7,10,16H,3-4,6,8-9,11H2,1-2H3. The van der Waals surface area contributed by atoms with Gasteiger partial charge in [0.1, 0.15) is 0 Å². The summed E-state index contributed by atoms with van der Waals surface area (Å²) in [6.45, 7) is 4.06. The number of rotatable bonds is 8. The summed E-state index contributed by atoms with van der Waals surface area (Å²) in [7, 11) is 1.90. The van der Waals surface area contributed by atoms with Gasteiger partial charge in [0.2, 0.25) is 0 Å². The second-order valence-electron chi connectivity index (χ2n) is 4.34. The van der Waals surface area contributed by atoms with Crippen LogP contribution in [-0.2, 0) is 7.05 Å². The SMILES string of the molecule is CCCCN(CCO)CC(=O)c1ccn(C)c1. The van der Waals surface area contributed by atoms with Crippen LogP contribution in [0.25, 0.3) is 0 Å². The number of aryl methyl sites for hydroxylation is 1. The second-order valence-corrected chi connectivity index (χ2v) is 4.34. The van der Waals surface area contributed by atoms with Gasteiger partial charge in [-0.25, -0.2) is 0 Å². The van der Waals surface area contributed by atoms with Crippen molar-refractivity contribution in [2.24, 2.45) is 7.05 Å². The molecule has 0 amide bonds. The molecule has 0 spiro atoms. The molecule has 0 aromatic carbocycles. The number of nitrogens with zero attached hydrogens (tertiary/aromatic N) is 2. The van der Waals surface area contributed by atoms with Gasteiger partial charge in [0, 0.05) is 31.5 Å². The van der Waals surface area contributed by atoms with Gasteiger partial charge in [0.05, 0.1) is 13.2 Å². The Morgan fingerprint density at radius 2 is 2.24 bits per heavy atom. The third-order valence-corrected chi connectivity index (χ3v) is 2.77. The lowest BCUT2D eigenvalue weighted by molar-refractivity contribution is 0.0913. The van der Waals surface area contributed by atoms with Crippen molar-refractivity contribution >= 4 is 5.78 Å². The smallest absolute Gasteiger partial charge is 0.178 e. The van der Waals surface area contributed by atoms with Gasteiger partial charge in [-0.15, -0.1) is 0 Å². The first-order chi connectivity index (χ1) is 8.17. The number of unbranched alkanes of at least 4 members (excludes halogenated alkanes) is 1. The molecule has 0 aliphatic rings. The van der Waals surface area contributed by atoms with Gasteiger partial charge < -0.3 is 9.67 Å².